The van der Waals surface area contributed by atoms with E-state index in [1.54, 1.807) is 10.5 Å². The monoisotopic (exact) mass is 476 g/mol. The molecule has 25 heavy (non-hydrogen) atoms. The van der Waals surface area contributed by atoms with Crippen molar-refractivity contribution in [3.63, 3.8) is 0 Å². The van der Waals surface area contributed by atoms with E-state index < -0.39 is 15.3 Å². The fourth-order valence-electron chi connectivity index (χ4n) is 3.38. The Morgan fingerprint density at radius 2 is 1.00 bits per heavy atom. The second-order valence-corrected chi connectivity index (χ2v) is 16.0. The first-order valence-electron chi connectivity index (χ1n) is 8.52. The summed E-state index contributed by atoms with van der Waals surface area (Å²) in [6.07, 6.45) is 0. The molecule has 0 N–H and O–H groups in total. The van der Waals surface area contributed by atoms with Gasteiger partial charge in [-0.15, -0.1) is 0 Å². The van der Waals surface area contributed by atoms with Gasteiger partial charge in [0.05, 0.1) is 14.7 Å². The van der Waals surface area contributed by atoms with Crippen LogP contribution >= 0.6 is 7.26 Å². The fraction of sp³-hybridized carbons (Fsp3) is 0.182. The molecule has 0 radical (unpaired) electrons. The van der Waals surface area contributed by atoms with Gasteiger partial charge in [-0.25, -0.2) is 0 Å². The van der Waals surface area contributed by atoms with Crippen LogP contribution in [0, 0.1) is 0 Å². The van der Waals surface area contributed by atoms with E-state index in [4.69, 9.17) is 0 Å². The molecule has 0 aromatic heterocycles. The average Bonchev–Trinajstić information content (AvgIpc) is 2.62. The molecule has 3 aromatic rings. The lowest BCUT2D eigenvalue weighted by molar-refractivity contribution is -0.00000500. The molecule has 0 aliphatic heterocycles. The summed E-state index contributed by atoms with van der Waals surface area (Å²) in [5, 5.41) is 6.07. The van der Waals surface area contributed by atoms with Crippen LogP contribution < -0.4 is 45.1 Å². The van der Waals surface area contributed by atoms with Crippen molar-refractivity contribution in [3.05, 3.63) is 84.9 Å². The standard InChI is InChI=1S/C22H26PSi.HI/c1-23(19-13-7-5-8-14-19,20-15-9-6-10-16-20)21-17-11-12-18-22(21)24(2,3)4;/h5-18H,1-4H3;1H/q+1;/p-1. The van der Waals surface area contributed by atoms with E-state index in [1.807, 2.05) is 0 Å². The summed E-state index contributed by atoms with van der Waals surface area (Å²) in [4.78, 5) is 0. The SMILES string of the molecule is C[Si](C)(C)c1ccccc1[P+](C)(c1ccccc1)c1ccccc1.[I-]. The zero-order valence-electron chi connectivity index (χ0n) is 15.4. The van der Waals surface area contributed by atoms with Crippen molar-refractivity contribution in [2.24, 2.45) is 0 Å². The third-order valence-corrected chi connectivity index (χ3v) is 11.0. The van der Waals surface area contributed by atoms with Gasteiger partial charge < -0.3 is 24.0 Å². The lowest BCUT2D eigenvalue weighted by atomic mass is 10.3. The highest BCUT2D eigenvalue weighted by Gasteiger charge is 2.43. The van der Waals surface area contributed by atoms with Gasteiger partial charge in [0.25, 0.3) is 0 Å². The van der Waals surface area contributed by atoms with Crippen LogP contribution in [-0.2, 0) is 0 Å². The van der Waals surface area contributed by atoms with E-state index in [9.17, 15) is 0 Å². The van der Waals surface area contributed by atoms with E-state index in [2.05, 4.69) is 111 Å². The lowest BCUT2D eigenvalue weighted by Crippen LogP contribution is -3.00. The normalized spacial score (nSPS) is 11.7. The van der Waals surface area contributed by atoms with Gasteiger partial charge in [-0.3, -0.25) is 0 Å². The van der Waals surface area contributed by atoms with Gasteiger partial charge >= 0.3 is 0 Å². The molecule has 0 nitrogen and oxygen atoms in total. The highest BCUT2D eigenvalue weighted by Crippen LogP contribution is 2.51. The quantitative estimate of drug-likeness (QED) is 0.301. The first kappa shape index (κ1) is 20.4. The molecule has 0 bridgehead atoms. The minimum atomic E-state index is -1.63. The zero-order chi connectivity index (χ0) is 17.2. The number of halogens is 1. The predicted octanol–water partition coefficient (Wildman–Crippen LogP) is 1.16. The molecule has 3 aromatic carbocycles. The molecule has 0 fully saturated rings. The maximum atomic E-state index is 2.48. The first-order valence-corrected chi connectivity index (χ1v) is 14.3. The molecule has 0 amide bonds. The van der Waals surface area contributed by atoms with Crippen LogP contribution in [0.15, 0.2) is 84.9 Å². The highest BCUT2D eigenvalue weighted by atomic mass is 127. The Morgan fingerprint density at radius 3 is 1.44 bits per heavy atom. The Labute approximate surface area is 171 Å². The van der Waals surface area contributed by atoms with E-state index in [1.165, 1.54) is 10.6 Å². The molecule has 0 aliphatic rings. The number of benzene rings is 3. The summed E-state index contributed by atoms with van der Waals surface area (Å²) in [6, 6.07) is 31.3. The minimum Gasteiger partial charge on any atom is -1.00 e. The molecule has 3 heteroatoms. The van der Waals surface area contributed by atoms with Crippen molar-refractivity contribution >= 4 is 36.4 Å². The van der Waals surface area contributed by atoms with Gasteiger partial charge in [0.15, 0.2) is 0 Å². The molecule has 0 aliphatic carbocycles. The van der Waals surface area contributed by atoms with Crippen molar-refractivity contribution in [1.82, 2.24) is 0 Å². The average molecular weight is 476 g/mol. The summed E-state index contributed by atoms with van der Waals surface area (Å²) in [5.41, 5.74) is 0. The maximum absolute atomic E-state index is 2.48. The molecular weight excluding hydrogens is 450 g/mol. The topological polar surface area (TPSA) is 0 Å². The van der Waals surface area contributed by atoms with Crippen LogP contribution in [0.25, 0.3) is 0 Å². The second-order valence-electron chi connectivity index (χ2n) is 7.44. The van der Waals surface area contributed by atoms with Crippen LogP contribution in [0.4, 0.5) is 0 Å². The van der Waals surface area contributed by atoms with Gasteiger partial charge in [0.2, 0.25) is 0 Å². The second kappa shape index (κ2) is 8.16. The van der Waals surface area contributed by atoms with Crippen LogP contribution in [0.5, 0.6) is 0 Å². The molecule has 0 saturated carbocycles. The number of hydrogen-bond donors (Lipinski definition) is 0. The van der Waals surface area contributed by atoms with Crippen LogP contribution in [0.3, 0.4) is 0 Å². The summed E-state index contributed by atoms with van der Waals surface area (Å²) < 4.78 is 0. The number of hydrogen-bond acceptors (Lipinski definition) is 0. The van der Waals surface area contributed by atoms with E-state index >= 15 is 0 Å². The van der Waals surface area contributed by atoms with Crippen molar-refractivity contribution in [3.8, 4) is 0 Å². The predicted molar refractivity (Wildman–Crippen MR) is 114 cm³/mol. The smallest absolute Gasteiger partial charge is 0.109 e. The fourth-order valence-corrected chi connectivity index (χ4v) is 9.83. The summed E-state index contributed by atoms with van der Waals surface area (Å²) in [6.45, 7) is 9.83. The largest absolute Gasteiger partial charge is 1.00 e. The lowest BCUT2D eigenvalue weighted by Gasteiger charge is -2.29. The Kier molecular flexibility index (Phi) is 6.64. The van der Waals surface area contributed by atoms with Gasteiger partial charge in [-0.05, 0) is 35.5 Å². The Bertz CT molecular complexity index is 771. The maximum Gasteiger partial charge on any atom is 0.109 e. The van der Waals surface area contributed by atoms with Crippen LogP contribution in [0.2, 0.25) is 19.6 Å². The molecule has 0 spiro atoms. The van der Waals surface area contributed by atoms with E-state index in [-0.39, 0.29) is 24.0 Å². The van der Waals surface area contributed by atoms with Crippen molar-refractivity contribution in [2.75, 3.05) is 6.66 Å². The Morgan fingerprint density at radius 1 is 0.600 bits per heavy atom. The molecule has 130 valence electrons. The molecule has 3 rings (SSSR count). The minimum absolute atomic E-state index is 0. The van der Waals surface area contributed by atoms with Crippen molar-refractivity contribution in [1.29, 1.82) is 0 Å². The third kappa shape index (κ3) is 4.07. The third-order valence-electron chi connectivity index (χ3n) is 4.74. The van der Waals surface area contributed by atoms with E-state index in [0.29, 0.717) is 0 Å². The zero-order valence-corrected chi connectivity index (χ0v) is 19.5. The highest BCUT2D eigenvalue weighted by molar-refractivity contribution is 7.95. The van der Waals surface area contributed by atoms with Crippen LogP contribution in [0.1, 0.15) is 0 Å². The van der Waals surface area contributed by atoms with Crippen LogP contribution in [-0.4, -0.2) is 14.7 Å². The van der Waals surface area contributed by atoms with E-state index in [0.717, 1.165) is 0 Å². The molecular formula is C22H26IPSi. The molecule has 0 heterocycles. The summed E-state index contributed by atoms with van der Waals surface area (Å²) in [5.74, 6) is 0. The van der Waals surface area contributed by atoms with Crippen molar-refractivity contribution in [2.45, 2.75) is 19.6 Å². The molecule has 0 atom stereocenters. The molecule has 0 unspecified atom stereocenters. The van der Waals surface area contributed by atoms with Gasteiger partial charge in [0.1, 0.15) is 23.2 Å². The van der Waals surface area contributed by atoms with Gasteiger partial charge in [0, 0.05) is 0 Å². The molecule has 0 saturated heterocycles. The van der Waals surface area contributed by atoms with Gasteiger partial charge in [-0.2, -0.15) is 0 Å². The Hall–Kier alpha value is -0.963. The Balaban J connectivity index is 0.00000225. The summed E-state index contributed by atoms with van der Waals surface area (Å²) >= 11 is 0. The number of rotatable bonds is 4. The summed E-state index contributed by atoms with van der Waals surface area (Å²) in [7, 11) is -3.05. The first-order chi connectivity index (χ1) is 11.4. The van der Waals surface area contributed by atoms with Gasteiger partial charge in [-0.1, -0.05) is 74.2 Å². The van der Waals surface area contributed by atoms with Crippen molar-refractivity contribution < 1.29 is 24.0 Å².